The van der Waals surface area contributed by atoms with Crippen LogP contribution in [0.1, 0.15) is 44.6 Å². The largest absolute Gasteiger partial charge is 0.353 e. The molecule has 0 spiro atoms. The lowest BCUT2D eigenvalue weighted by molar-refractivity contribution is -0.121. The number of amides is 2. The van der Waals surface area contributed by atoms with Gasteiger partial charge >= 0.3 is 0 Å². The van der Waals surface area contributed by atoms with Crippen LogP contribution in [-0.4, -0.2) is 24.4 Å². The topological polar surface area (TPSA) is 49.4 Å². The SMILES string of the molecule is CC(=O)N(CCC(=O)NC1CCCC1)c1ccc(C)cc1Br. The maximum absolute atomic E-state index is 12.0. The number of benzene rings is 1. The molecule has 120 valence electrons. The molecule has 0 aliphatic heterocycles. The minimum Gasteiger partial charge on any atom is -0.353 e. The minimum atomic E-state index is -0.0572. The molecule has 1 aliphatic carbocycles. The van der Waals surface area contributed by atoms with E-state index in [0.717, 1.165) is 28.6 Å². The summed E-state index contributed by atoms with van der Waals surface area (Å²) in [5.41, 5.74) is 1.94. The van der Waals surface area contributed by atoms with Crippen molar-refractivity contribution in [3.63, 3.8) is 0 Å². The standard InChI is InChI=1S/C17H23BrN2O2/c1-12-7-8-16(15(18)11-12)20(13(2)21)10-9-17(22)19-14-5-3-4-6-14/h7-8,11,14H,3-6,9-10H2,1-2H3,(H,19,22). The molecule has 1 aromatic carbocycles. The number of nitrogens with zero attached hydrogens (tertiary/aromatic N) is 1. The molecular formula is C17H23BrN2O2. The third-order valence-electron chi connectivity index (χ3n) is 4.06. The average molecular weight is 367 g/mol. The number of nitrogens with one attached hydrogen (secondary N) is 1. The maximum atomic E-state index is 12.0. The van der Waals surface area contributed by atoms with Crippen molar-refractivity contribution in [3.05, 3.63) is 28.2 Å². The van der Waals surface area contributed by atoms with Crippen LogP contribution in [0.4, 0.5) is 5.69 Å². The normalized spacial score (nSPS) is 14.9. The molecule has 0 atom stereocenters. The van der Waals surface area contributed by atoms with Crippen molar-refractivity contribution >= 4 is 33.4 Å². The van der Waals surface area contributed by atoms with Crippen molar-refractivity contribution < 1.29 is 9.59 Å². The molecule has 1 N–H and O–H groups in total. The van der Waals surface area contributed by atoms with E-state index in [2.05, 4.69) is 21.2 Å². The Morgan fingerprint density at radius 3 is 2.59 bits per heavy atom. The van der Waals surface area contributed by atoms with Gasteiger partial charge < -0.3 is 10.2 Å². The van der Waals surface area contributed by atoms with Gasteiger partial charge in [-0.25, -0.2) is 0 Å². The summed E-state index contributed by atoms with van der Waals surface area (Å²) < 4.78 is 0.874. The molecule has 4 nitrogen and oxygen atoms in total. The van der Waals surface area contributed by atoms with Gasteiger partial charge in [0.2, 0.25) is 11.8 Å². The zero-order valence-electron chi connectivity index (χ0n) is 13.2. The fraction of sp³-hybridized carbons (Fsp3) is 0.529. The second-order valence-electron chi connectivity index (χ2n) is 5.92. The highest BCUT2D eigenvalue weighted by Gasteiger charge is 2.19. The number of halogens is 1. The van der Waals surface area contributed by atoms with Crippen molar-refractivity contribution in [3.8, 4) is 0 Å². The van der Waals surface area contributed by atoms with Crippen LogP contribution in [0, 0.1) is 6.92 Å². The lowest BCUT2D eigenvalue weighted by Crippen LogP contribution is -2.37. The number of hydrogen-bond acceptors (Lipinski definition) is 2. The van der Waals surface area contributed by atoms with Gasteiger partial charge in [0, 0.05) is 30.4 Å². The first-order valence-electron chi connectivity index (χ1n) is 7.81. The van der Waals surface area contributed by atoms with Crippen LogP contribution >= 0.6 is 15.9 Å². The Morgan fingerprint density at radius 2 is 2.00 bits per heavy atom. The maximum Gasteiger partial charge on any atom is 0.223 e. The Kier molecular flexibility index (Phi) is 6.00. The third-order valence-corrected chi connectivity index (χ3v) is 4.69. The van der Waals surface area contributed by atoms with Crippen LogP contribution in [0.2, 0.25) is 0 Å². The smallest absolute Gasteiger partial charge is 0.223 e. The Bertz CT molecular complexity index is 554. The lowest BCUT2D eigenvalue weighted by atomic mass is 10.2. The lowest BCUT2D eigenvalue weighted by Gasteiger charge is -2.23. The van der Waals surface area contributed by atoms with E-state index < -0.39 is 0 Å². The number of carbonyl (C=O) groups is 2. The van der Waals surface area contributed by atoms with E-state index in [1.807, 2.05) is 25.1 Å². The summed E-state index contributed by atoms with van der Waals surface area (Å²) in [4.78, 5) is 25.6. The second-order valence-corrected chi connectivity index (χ2v) is 6.78. The minimum absolute atomic E-state index is 0.0291. The van der Waals surface area contributed by atoms with Gasteiger partial charge in [0.25, 0.3) is 0 Å². The first-order chi connectivity index (χ1) is 10.5. The van der Waals surface area contributed by atoms with Crippen molar-refractivity contribution in [1.82, 2.24) is 5.32 Å². The van der Waals surface area contributed by atoms with Crippen molar-refractivity contribution in [2.45, 2.75) is 52.0 Å². The molecule has 22 heavy (non-hydrogen) atoms. The van der Waals surface area contributed by atoms with Crippen LogP contribution in [0.25, 0.3) is 0 Å². The van der Waals surface area contributed by atoms with Gasteiger partial charge in [-0.15, -0.1) is 0 Å². The van der Waals surface area contributed by atoms with E-state index in [4.69, 9.17) is 0 Å². The van der Waals surface area contributed by atoms with Crippen LogP contribution in [0.3, 0.4) is 0 Å². The summed E-state index contributed by atoms with van der Waals surface area (Å²) in [7, 11) is 0. The zero-order chi connectivity index (χ0) is 16.1. The molecule has 0 radical (unpaired) electrons. The molecule has 0 unspecified atom stereocenters. The summed E-state index contributed by atoms with van der Waals surface area (Å²) in [6.07, 6.45) is 4.87. The van der Waals surface area contributed by atoms with Gasteiger partial charge in [-0.2, -0.15) is 0 Å². The van der Waals surface area contributed by atoms with Gasteiger partial charge in [0.05, 0.1) is 5.69 Å². The van der Waals surface area contributed by atoms with Gasteiger partial charge in [-0.3, -0.25) is 9.59 Å². The molecule has 0 heterocycles. The Balaban J connectivity index is 1.96. The van der Waals surface area contributed by atoms with E-state index >= 15 is 0 Å². The number of hydrogen-bond donors (Lipinski definition) is 1. The molecule has 1 fully saturated rings. The Hall–Kier alpha value is -1.36. The van der Waals surface area contributed by atoms with Crippen LogP contribution in [0.5, 0.6) is 0 Å². The predicted molar refractivity (Wildman–Crippen MR) is 91.9 cm³/mol. The number of aryl methyl sites for hydroxylation is 1. The van der Waals surface area contributed by atoms with Crippen LogP contribution in [-0.2, 0) is 9.59 Å². The highest BCUT2D eigenvalue weighted by Crippen LogP contribution is 2.27. The third kappa shape index (κ3) is 4.57. The van der Waals surface area contributed by atoms with Gasteiger partial charge in [-0.05, 0) is 53.4 Å². The molecule has 1 aromatic rings. The number of rotatable bonds is 5. The highest BCUT2D eigenvalue weighted by molar-refractivity contribution is 9.10. The molecule has 1 saturated carbocycles. The quantitative estimate of drug-likeness (QED) is 0.865. The van der Waals surface area contributed by atoms with E-state index in [1.54, 1.807) is 4.90 Å². The zero-order valence-corrected chi connectivity index (χ0v) is 14.8. The predicted octanol–water partition coefficient (Wildman–Crippen LogP) is 3.56. The molecule has 0 bridgehead atoms. The summed E-state index contributed by atoms with van der Waals surface area (Å²) >= 11 is 3.50. The second kappa shape index (κ2) is 7.77. The first kappa shape index (κ1) is 17.0. The monoisotopic (exact) mass is 366 g/mol. The van der Waals surface area contributed by atoms with Crippen molar-refractivity contribution in [2.75, 3.05) is 11.4 Å². The van der Waals surface area contributed by atoms with Crippen LogP contribution in [0.15, 0.2) is 22.7 Å². The highest BCUT2D eigenvalue weighted by atomic mass is 79.9. The molecular weight excluding hydrogens is 344 g/mol. The van der Waals surface area contributed by atoms with E-state index in [0.29, 0.717) is 19.0 Å². The summed E-state index contributed by atoms with van der Waals surface area (Å²) in [6, 6.07) is 6.18. The van der Waals surface area contributed by atoms with E-state index in [-0.39, 0.29) is 11.8 Å². The fourth-order valence-electron chi connectivity index (χ4n) is 2.86. The molecule has 2 rings (SSSR count). The fourth-order valence-corrected chi connectivity index (χ4v) is 3.57. The van der Waals surface area contributed by atoms with E-state index in [1.165, 1.54) is 19.8 Å². The average Bonchev–Trinajstić information content (AvgIpc) is 2.93. The van der Waals surface area contributed by atoms with Crippen LogP contribution < -0.4 is 10.2 Å². The molecule has 0 saturated heterocycles. The van der Waals surface area contributed by atoms with Gasteiger partial charge in [0.1, 0.15) is 0 Å². The Labute approximate surface area is 140 Å². The van der Waals surface area contributed by atoms with Gasteiger partial charge in [-0.1, -0.05) is 18.9 Å². The van der Waals surface area contributed by atoms with Crippen molar-refractivity contribution in [2.24, 2.45) is 0 Å². The van der Waals surface area contributed by atoms with Crippen molar-refractivity contribution in [1.29, 1.82) is 0 Å². The van der Waals surface area contributed by atoms with Gasteiger partial charge in [0.15, 0.2) is 0 Å². The molecule has 1 aliphatic rings. The first-order valence-corrected chi connectivity index (χ1v) is 8.60. The van der Waals surface area contributed by atoms with E-state index in [9.17, 15) is 9.59 Å². The molecule has 5 heteroatoms. The summed E-state index contributed by atoms with van der Waals surface area (Å²) in [5, 5.41) is 3.06. The Morgan fingerprint density at radius 1 is 1.32 bits per heavy atom. The molecule has 2 amide bonds. The number of carbonyl (C=O) groups excluding carboxylic acids is 2. The summed E-state index contributed by atoms with van der Waals surface area (Å²) in [6.45, 7) is 3.93. The summed E-state index contributed by atoms with van der Waals surface area (Å²) in [5.74, 6) is -0.0281. The molecule has 0 aromatic heterocycles. The number of anilines is 1.